The normalized spacial score (nSPS) is 11.9. The van der Waals surface area contributed by atoms with Crippen molar-refractivity contribution in [3.05, 3.63) is 41.5 Å². The molecule has 0 bridgehead atoms. The summed E-state index contributed by atoms with van der Waals surface area (Å²) in [7, 11) is 0. The maximum Gasteiger partial charge on any atom is 0.241 e. The Bertz CT molecular complexity index is 386. The first kappa shape index (κ1) is 11.5. The number of primary amides is 1. The first-order chi connectivity index (χ1) is 6.91. The summed E-state index contributed by atoms with van der Waals surface area (Å²) < 4.78 is 0. The van der Waals surface area contributed by atoms with Gasteiger partial charge in [-0.15, -0.1) is 0 Å². The molecule has 0 atom stereocenters. The fourth-order valence-corrected chi connectivity index (χ4v) is 1.50. The smallest absolute Gasteiger partial charge is 0.241 e. The minimum Gasteiger partial charge on any atom is -0.366 e. The van der Waals surface area contributed by atoms with Crippen LogP contribution in [0, 0.1) is 0 Å². The van der Waals surface area contributed by atoms with Crippen LogP contribution >= 0.6 is 0 Å². The van der Waals surface area contributed by atoms with Crippen molar-refractivity contribution in [2.75, 3.05) is 0 Å². The first-order valence-corrected chi connectivity index (χ1v) is 4.98. The molecule has 0 spiro atoms. The summed E-state index contributed by atoms with van der Waals surface area (Å²) >= 11 is 0. The molecule has 1 amide bonds. The molecule has 15 heavy (non-hydrogen) atoms. The maximum absolute atomic E-state index is 10.7. The van der Waals surface area contributed by atoms with E-state index in [1.54, 1.807) is 6.08 Å². The quantitative estimate of drug-likeness (QED) is 0.737. The molecule has 0 aliphatic heterocycles. The Hall–Kier alpha value is -1.57. The average molecular weight is 203 g/mol. The minimum atomic E-state index is -0.418. The zero-order valence-electron chi connectivity index (χ0n) is 9.45. The zero-order chi connectivity index (χ0) is 11.5. The van der Waals surface area contributed by atoms with Crippen LogP contribution in [0.2, 0.25) is 0 Å². The maximum atomic E-state index is 10.7. The van der Waals surface area contributed by atoms with Gasteiger partial charge in [0.2, 0.25) is 5.91 Å². The van der Waals surface area contributed by atoms with E-state index in [2.05, 4.69) is 26.8 Å². The van der Waals surface area contributed by atoms with E-state index >= 15 is 0 Å². The summed E-state index contributed by atoms with van der Waals surface area (Å²) in [5, 5.41) is 0. The second-order valence-electron chi connectivity index (χ2n) is 4.57. The lowest BCUT2D eigenvalue weighted by Crippen LogP contribution is -2.13. The van der Waals surface area contributed by atoms with Crippen LogP contribution in [0.3, 0.4) is 0 Å². The van der Waals surface area contributed by atoms with Gasteiger partial charge < -0.3 is 5.73 Å². The molecule has 0 aliphatic carbocycles. The summed E-state index contributed by atoms with van der Waals surface area (Å²) in [4.78, 5) is 10.7. The molecule has 0 saturated carbocycles. The van der Waals surface area contributed by atoms with Gasteiger partial charge >= 0.3 is 0 Å². The van der Waals surface area contributed by atoms with Gasteiger partial charge in [-0.3, -0.25) is 4.79 Å². The standard InChI is InChI=1S/C13H17NO/c1-13(2,3)11-7-5-4-6-10(11)8-9-12(14)15/h4-9H,1-3H3,(H2,14,15)/b9-8+. The molecule has 2 heteroatoms. The van der Waals surface area contributed by atoms with E-state index in [-0.39, 0.29) is 5.41 Å². The van der Waals surface area contributed by atoms with Crippen molar-refractivity contribution in [3.8, 4) is 0 Å². The number of rotatable bonds is 2. The number of carbonyl (C=O) groups is 1. The van der Waals surface area contributed by atoms with Crippen molar-refractivity contribution in [2.45, 2.75) is 26.2 Å². The summed E-state index contributed by atoms with van der Waals surface area (Å²) in [5.41, 5.74) is 7.40. The largest absolute Gasteiger partial charge is 0.366 e. The van der Waals surface area contributed by atoms with Gasteiger partial charge in [0.1, 0.15) is 0 Å². The van der Waals surface area contributed by atoms with Crippen molar-refractivity contribution in [1.82, 2.24) is 0 Å². The van der Waals surface area contributed by atoms with Crippen molar-refractivity contribution < 1.29 is 4.79 Å². The highest BCUT2D eigenvalue weighted by atomic mass is 16.1. The monoisotopic (exact) mass is 203 g/mol. The molecular weight excluding hydrogens is 186 g/mol. The van der Waals surface area contributed by atoms with Gasteiger partial charge in [-0.05, 0) is 22.6 Å². The van der Waals surface area contributed by atoms with Crippen LogP contribution in [0.15, 0.2) is 30.3 Å². The van der Waals surface area contributed by atoms with Gasteiger partial charge in [0, 0.05) is 6.08 Å². The highest BCUT2D eigenvalue weighted by Gasteiger charge is 2.15. The predicted octanol–water partition coefficient (Wildman–Crippen LogP) is 2.48. The van der Waals surface area contributed by atoms with Crippen molar-refractivity contribution in [2.24, 2.45) is 5.73 Å². The lowest BCUT2D eigenvalue weighted by molar-refractivity contribution is -0.113. The number of carbonyl (C=O) groups excluding carboxylic acids is 1. The van der Waals surface area contributed by atoms with E-state index < -0.39 is 5.91 Å². The summed E-state index contributed by atoms with van der Waals surface area (Å²) in [6.07, 6.45) is 3.16. The van der Waals surface area contributed by atoms with E-state index in [1.165, 1.54) is 11.6 Å². The molecule has 0 heterocycles. The third kappa shape index (κ3) is 3.24. The Kier molecular flexibility index (Phi) is 3.30. The van der Waals surface area contributed by atoms with Crippen LogP contribution in [0.4, 0.5) is 0 Å². The molecule has 0 fully saturated rings. The van der Waals surface area contributed by atoms with Gasteiger partial charge in [-0.2, -0.15) is 0 Å². The SMILES string of the molecule is CC(C)(C)c1ccccc1/C=C/C(N)=O. The molecule has 0 aromatic heterocycles. The molecule has 1 aromatic rings. The van der Waals surface area contributed by atoms with E-state index in [1.807, 2.05) is 18.2 Å². The second-order valence-corrected chi connectivity index (χ2v) is 4.57. The number of hydrogen-bond donors (Lipinski definition) is 1. The number of nitrogens with two attached hydrogens (primary N) is 1. The van der Waals surface area contributed by atoms with Gasteiger partial charge in [0.05, 0.1) is 0 Å². The summed E-state index contributed by atoms with van der Waals surface area (Å²) in [5.74, 6) is -0.418. The predicted molar refractivity (Wildman–Crippen MR) is 63.4 cm³/mol. The van der Waals surface area contributed by atoms with Crippen molar-refractivity contribution in [1.29, 1.82) is 0 Å². The van der Waals surface area contributed by atoms with E-state index in [0.717, 1.165) is 5.56 Å². The second kappa shape index (κ2) is 4.30. The average Bonchev–Trinajstić information content (AvgIpc) is 2.13. The molecule has 0 saturated heterocycles. The zero-order valence-corrected chi connectivity index (χ0v) is 9.45. The minimum absolute atomic E-state index is 0.0680. The first-order valence-electron chi connectivity index (χ1n) is 4.98. The third-order valence-electron chi connectivity index (χ3n) is 2.20. The topological polar surface area (TPSA) is 43.1 Å². The molecule has 1 rings (SSSR count). The molecule has 0 unspecified atom stereocenters. The molecule has 0 aliphatic rings. The Morgan fingerprint density at radius 1 is 1.27 bits per heavy atom. The number of amides is 1. The fourth-order valence-electron chi connectivity index (χ4n) is 1.50. The third-order valence-corrected chi connectivity index (χ3v) is 2.20. The molecule has 2 nitrogen and oxygen atoms in total. The van der Waals surface area contributed by atoms with Crippen molar-refractivity contribution in [3.63, 3.8) is 0 Å². The summed E-state index contributed by atoms with van der Waals surface area (Å²) in [6.45, 7) is 6.43. The Labute approximate surface area is 90.8 Å². The summed E-state index contributed by atoms with van der Waals surface area (Å²) in [6, 6.07) is 8.01. The van der Waals surface area contributed by atoms with Crippen LogP contribution in [0.1, 0.15) is 31.9 Å². The fraction of sp³-hybridized carbons (Fsp3) is 0.308. The van der Waals surface area contributed by atoms with E-state index in [4.69, 9.17) is 5.73 Å². The molecule has 0 radical (unpaired) electrons. The highest BCUT2D eigenvalue weighted by Crippen LogP contribution is 2.26. The molecule has 2 N–H and O–H groups in total. The molecular formula is C13H17NO. The van der Waals surface area contributed by atoms with Crippen LogP contribution in [-0.2, 0) is 10.2 Å². The highest BCUT2D eigenvalue weighted by molar-refractivity contribution is 5.90. The van der Waals surface area contributed by atoms with Gasteiger partial charge in [0.25, 0.3) is 0 Å². The van der Waals surface area contributed by atoms with Crippen LogP contribution < -0.4 is 5.73 Å². The number of hydrogen-bond acceptors (Lipinski definition) is 1. The molecule has 80 valence electrons. The Morgan fingerprint density at radius 2 is 1.87 bits per heavy atom. The van der Waals surface area contributed by atoms with Gasteiger partial charge in [0.15, 0.2) is 0 Å². The van der Waals surface area contributed by atoms with Gasteiger partial charge in [-0.1, -0.05) is 45.0 Å². The van der Waals surface area contributed by atoms with Crippen molar-refractivity contribution >= 4 is 12.0 Å². The lowest BCUT2D eigenvalue weighted by atomic mass is 9.84. The van der Waals surface area contributed by atoms with E-state index in [9.17, 15) is 4.79 Å². The van der Waals surface area contributed by atoms with Crippen LogP contribution in [0.5, 0.6) is 0 Å². The Morgan fingerprint density at radius 3 is 2.40 bits per heavy atom. The van der Waals surface area contributed by atoms with Crippen LogP contribution in [0.25, 0.3) is 6.08 Å². The molecule has 1 aromatic carbocycles. The lowest BCUT2D eigenvalue weighted by Gasteiger charge is -2.21. The van der Waals surface area contributed by atoms with E-state index in [0.29, 0.717) is 0 Å². The Balaban J connectivity index is 3.13. The van der Waals surface area contributed by atoms with Crippen LogP contribution in [-0.4, -0.2) is 5.91 Å². The van der Waals surface area contributed by atoms with Gasteiger partial charge in [-0.25, -0.2) is 0 Å². The number of benzene rings is 1.